The van der Waals surface area contributed by atoms with E-state index < -0.39 is 0 Å². The summed E-state index contributed by atoms with van der Waals surface area (Å²) < 4.78 is 1.71. The number of rotatable bonds is 5. The summed E-state index contributed by atoms with van der Waals surface area (Å²) in [6.45, 7) is 7.93. The van der Waals surface area contributed by atoms with Crippen LogP contribution in [0.3, 0.4) is 0 Å². The van der Waals surface area contributed by atoms with E-state index in [2.05, 4.69) is 20.8 Å². The van der Waals surface area contributed by atoms with Gasteiger partial charge in [-0.15, -0.1) is 5.10 Å². The Hall–Kier alpha value is -1.60. The average molecular weight is 354 g/mol. The lowest BCUT2D eigenvalue weighted by molar-refractivity contribution is -0.119. The van der Waals surface area contributed by atoms with Crippen molar-refractivity contribution < 1.29 is 4.79 Å². The van der Waals surface area contributed by atoms with Gasteiger partial charge in [0.15, 0.2) is 0 Å². The number of nitrogens with zero attached hydrogens (tertiary/aromatic N) is 4. The Labute approximate surface area is 145 Å². The summed E-state index contributed by atoms with van der Waals surface area (Å²) in [6, 6.07) is 7.32. The molecule has 1 amide bonds. The average Bonchev–Trinajstić information content (AvgIpc) is 2.94. The molecule has 6 nitrogen and oxygen atoms in total. The predicted octanol–water partition coefficient (Wildman–Crippen LogP) is 3.05. The summed E-state index contributed by atoms with van der Waals surface area (Å²) in [5, 5.41) is 15.8. The normalized spacial score (nSPS) is 12.9. The summed E-state index contributed by atoms with van der Waals surface area (Å²) in [6.07, 6.45) is 0. The van der Waals surface area contributed by atoms with Crippen molar-refractivity contribution in [3.05, 3.63) is 34.9 Å². The van der Waals surface area contributed by atoms with Crippen molar-refractivity contribution >= 4 is 29.3 Å². The van der Waals surface area contributed by atoms with E-state index in [0.29, 0.717) is 10.2 Å². The van der Waals surface area contributed by atoms with Gasteiger partial charge in [0.05, 0.1) is 17.3 Å². The first-order chi connectivity index (χ1) is 10.8. The van der Waals surface area contributed by atoms with E-state index >= 15 is 0 Å². The van der Waals surface area contributed by atoms with Gasteiger partial charge in [0.1, 0.15) is 0 Å². The van der Waals surface area contributed by atoms with Gasteiger partial charge >= 0.3 is 0 Å². The molecule has 0 saturated heterocycles. The smallest absolute Gasteiger partial charge is 0.230 e. The van der Waals surface area contributed by atoms with Crippen LogP contribution in [-0.4, -0.2) is 31.9 Å². The zero-order chi connectivity index (χ0) is 17.0. The Bertz CT molecular complexity index is 683. The third-order valence-electron chi connectivity index (χ3n) is 3.16. The number of carbonyl (C=O) groups is 1. The van der Waals surface area contributed by atoms with Crippen molar-refractivity contribution in [3.63, 3.8) is 0 Å². The predicted molar refractivity (Wildman–Crippen MR) is 91.5 cm³/mol. The van der Waals surface area contributed by atoms with Gasteiger partial charge in [0.2, 0.25) is 11.1 Å². The molecule has 23 heavy (non-hydrogen) atoms. The van der Waals surface area contributed by atoms with Crippen molar-refractivity contribution in [3.8, 4) is 0 Å². The highest BCUT2D eigenvalue weighted by atomic mass is 35.5. The van der Waals surface area contributed by atoms with Crippen LogP contribution in [0.15, 0.2) is 29.4 Å². The number of nitrogens with one attached hydrogen (secondary N) is 1. The zero-order valence-corrected chi connectivity index (χ0v) is 15.1. The van der Waals surface area contributed by atoms with Gasteiger partial charge in [-0.3, -0.25) is 4.79 Å². The summed E-state index contributed by atoms with van der Waals surface area (Å²) >= 11 is 7.46. The van der Waals surface area contributed by atoms with Crippen LogP contribution in [0, 0.1) is 0 Å². The van der Waals surface area contributed by atoms with Crippen molar-refractivity contribution in [2.75, 3.05) is 5.75 Å². The number of aromatic nitrogens is 4. The van der Waals surface area contributed by atoms with Gasteiger partial charge in [0.25, 0.3) is 0 Å². The van der Waals surface area contributed by atoms with Crippen LogP contribution in [-0.2, 0) is 10.3 Å². The highest BCUT2D eigenvalue weighted by molar-refractivity contribution is 7.99. The molecular weight excluding hydrogens is 334 g/mol. The first-order valence-corrected chi connectivity index (χ1v) is 8.61. The van der Waals surface area contributed by atoms with E-state index in [-0.39, 0.29) is 23.2 Å². The summed E-state index contributed by atoms with van der Waals surface area (Å²) in [7, 11) is 0. The molecule has 124 valence electrons. The van der Waals surface area contributed by atoms with Gasteiger partial charge in [-0.05, 0) is 49.8 Å². The molecule has 1 aromatic carbocycles. The monoisotopic (exact) mass is 353 g/mol. The van der Waals surface area contributed by atoms with Gasteiger partial charge in [0, 0.05) is 5.02 Å². The molecule has 2 rings (SSSR count). The standard InChI is InChI=1S/C15H20ClN5OS/c1-10(11-7-5-6-8-12(11)16)17-13(22)9-23-14-18-19-20-21(14)15(2,3)4/h5-8,10H,9H2,1-4H3,(H,17,22). The van der Waals surface area contributed by atoms with Crippen LogP contribution >= 0.6 is 23.4 Å². The minimum Gasteiger partial charge on any atom is -0.349 e. The first kappa shape index (κ1) is 17.7. The molecule has 1 aromatic heterocycles. The van der Waals surface area contributed by atoms with Gasteiger partial charge in [-0.2, -0.15) is 0 Å². The fourth-order valence-electron chi connectivity index (χ4n) is 2.01. The third-order valence-corrected chi connectivity index (χ3v) is 4.42. The largest absolute Gasteiger partial charge is 0.349 e. The molecule has 8 heteroatoms. The molecule has 0 fully saturated rings. The van der Waals surface area contributed by atoms with Crippen LogP contribution in [0.1, 0.15) is 39.3 Å². The molecule has 0 aliphatic carbocycles. The molecule has 1 unspecified atom stereocenters. The number of tetrazole rings is 1. The van der Waals surface area contributed by atoms with Gasteiger partial charge in [-0.1, -0.05) is 41.6 Å². The van der Waals surface area contributed by atoms with E-state index in [9.17, 15) is 4.79 Å². The summed E-state index contributed by atoms with van der Waals surface area (Å²) in [5.41, 5.74) is 0.666. The highest BCUT2D eigenvalue weighted by Gasteiger charge is 2.21. The molecule has 1 heterocycles. The molecule has 0 saturated carbocycles. The topological polar surface area (TPSA) is 72.7 Å². The molecule has 0 aliphatic heterocycles. The summed E-state index contributed by atoms with van der Waals surface area (Å²) in [5.74, 6) is 0.150. The second-order valence-electron chi connectivity index (χ2n) is 6.14. The number of benzene rings is 1. The second-order valence-corrected chi connectivity index (χ2v) is 7.49. The number of hydrogen-bond donors (Lipinski definition) is 1. The lowest BCUT2D eigenvalue weighted by atomic mass is 10.1. The van der Waals surface area contributed by atoms with Crippen LogP contribution in [0.25, 0.3) is 0 Å². The Morgan fingerprint density at radius 2 is 2.09 bits per heavy atom. The maximum absolute atomic E-state index is 12.1. The fraction of sp³-hybridized carbons (Fsp3) is 0.467. The van der Waals surface area contributed by atoms with E-state index in [1.807, 2.05) is 52.0 Å². The molecular formula is C15H20ClN5OS. The van der Waals surface area contributed by atoms with Crippen LogP contribution in [0.4, 0.5) is 0 Å². The summed E-state index contributed by atoms with van der Waals surface area (Å²) in [4.78, 5) is 12.1. The first-order valence-electron chi connectivity index (χ1n) is 7.24. The quantitative estimate of drug-likeness (QED) is 0.836. The Balaban J connectivity index is 1.94. The number of carbonyl (C=O) groups excluding carboxylic acids is 1. The van der Waals surface area contributed by atoms with E-state index in [4.69, 9.17) is 11.6 Å². The Morgan fingerprint density at radius 1 is 1.39 bits per heavy atom. The van der Waals surface area contributed by atoms with Crippen molar-refractivity contribution in [2.45, 2.75) is 44.4 Å². The molecule has 2 aromatic rings. The fourth-order valence-corrected chi connectivity index (χ4v) is 3.18. The highest BCUT2D eigenvalue weighted by Crippen LogP contribution is 2.23. The molecule has 1 N–H and O–H groups in total. The lowest BCUT2D eigenvalue weighted by Gasteiger charge is -2.19. The zero-order valence-electron chi connectivity index (χ0n) is 13.6. The van der Waals surface area contributed by atoms with Crippen molar-refractivity contribution in [2.24, 2.45) is 0 Å². The van der Waals surface area contributed by atoms with Crippen molar-refractivity contribution in [1.29, 1.82) is 0 Å². The number of amides is 1. The maximum Gasteiger partial charge on any atom is 0.230 e. The molecule has 0 bridgehead atoms. The maximum atomic E-state index is 12.1. The van der Waals surface area contributed by atoms with Crippen LogP contribution < -0.4 is 5.32 Å². The van der Waals surface area contributed by atoms with E-state index in [1.54, 1.807) is 4.68 Å². The lowest BCUT2D eigenvalue weighted by Crippen LogP contribution is -2.29. The molecule has 0 radical (unpaired) electrons. The Morgan fingerprint density at radius 3 is 2.74 bits per heavy atom. The SMILES string of the molecule is CC(NC(=O)CSc1nnnn1C(C)(C)C)c1ccccc1Cl. The van der Waals surface area contributed by atoms with Gasteiger partial charge < -0.3 is 5.32 Å². The minimum atomic E-state index is -0.229. The number of halogens is 1. The minimum absolute atomic E-state index is 0.0918. The van der Waals surface area contributed by atoms with Crippen molar-refractivity contribution in [1.82, 2.24) is 25.5 Å². The molecule has 0 aliphatic rings. The second kappa shape index (κ2) is 7.31. The van der Waals surface area contributed by atoms with E-state index in [0.717, 1.165) is 5.56 Å². The van der Waals surface area contributed by atoms with E-state index in [1.165, 1.54) is 11.8 Å². The molecule has 1 atom stereocenters. The molecule has 0 spiro atoms. The number of thioether (sulfide) groups is 1. The van der Waals surface area contributed by atoms with Crippen LogP contribution in [0.2, 0.25) is 5.02 Å². The number of hydrogen-bond acceptors (Lipinski definition) is 5. The van der Waals surface area contributed by atoms with Crippen LogP contribution in [0.5, 0.6) is 0 Å². The Kier molecular flexibility index (Phi) is 5.64. The van der Waals surface area contributed by atoms with Gasteiger partial charge in [-0.25, -0.2) is 4.68 Å². The third kappa shape index (κ3) is 4.68.